The van der Waals surface area contributed by atoms with Crippen molar-refractivity contribution < 1.29 is 19.4 Å². The number of phenols is 1. The Morgan fingerprint density at radius 2 is 1.90 bits per heavy atom. The van der Waals surface area contributed by atoms with E-state index in [2.05, 4.69) is 4.74 Å². The predicted molar refractivity (Wildman–Crippen MR) is 79.2 cm³/mol. The summed E-state index contributed by atoms with van der Waals surface area (Å²) in [4.78, 5) is 24.8. The Bertz CT molecular complexity index is 681. The highest BCUT2D eigenvalue weighted by Gasteiger charge is 2.18. The molecule has 21 heavy (non-hydrogen) atoms. The van der Waals surface area contributed by atoms with Crippen LogP contribution >= 0.6 is 0 Å². The van der Waals surface area contributed by atoms with Crippen LogP contribution in [-0.4, -0.2) is 42.6 Å². The van der Waals surface area contributed by atoms with E-state index in [-0.39, 0.29) is 36.2 Å². The molecule has 0 aliphatic rings. The second-order valence-corrected chi connectivity index (χ2v) is 4.74. The number of amides is 1. The van der Waals surface area contributed by atoms with Gasteiger partial charge in [-0.2, -0.15) is 0 Å². The highest BCUT2D eigenvalue weighted by molar-refractivity contribution is 6.03. The first-order chi connectivity index (χ1) is 10.0. The number of aromatic hydroxyl groups is 1. The largest absolute Gasteiger partial charge is 0.506 e. The van der Waals surface area contributed by atoms with Gasteiger partial charge in [-0.3, -0.25) is 9.59 Å². The summed E-state index contributed by atoms with van der Waals surface area (Å²) >= 11 is 0. The molecule has 0 spiro atoms. The smallest absolute Gasteiger partial charge is 0.307 e. The van der Waals surface area contributed by atoms with Gasteiger partial charge in [-0.05, 0) is 11.5 Å². The molecular formula is C16H17NO4. The van der Waals surface area contributed by atoms with Crippen LogP contribution in [-0.2, 0) is 9.53 Å². The van der Waals surface area contributed by atoms with Gasteiger partial charge in [-0.25, -0.2) is 0 Å². The van der Waals surface area contributed by atoms with Gasteiger partial charge in [-0.1, -0.05) is 30.3 Å². The van der Waals surface area contributed by atoms with Crippen molar-refractivity contribution in [3.63, 3.8) is 0 Å². The zero-order chi connectivity index (χ0) is 15.4. The molecule has 0 heterocycles. The first-order valence-corrected chi connectivity index (χ1v) is 6.57. The van der Waals surface area contributed by atoms with E-state index in [0.29, 0.717) is 5.39 Å². The lowest BCUT2D eigenvalue weighted by Gasteiger charge is -2.17. The fourth-order valence-corrected chi connectivity index (χ4v) is 2.10. The lowest BCUT2D eigenvalue weighted by molar-refractivity contribution is -0.140. The lowest BCUT2D eigenvalue weighted by Crippen LogP contribution is -2.29. The Morgan fingerprint density at radius 1 is 1.19 bits per heavy atom. The van der Waals surface area contributed by atoms with Crippen LogP contribution in [0.3, 0.4) is 0 Å². The minimum atomic E-state index is -0.377. The van der Waals surface area contributed by atoms with E-state index < -0.39 is 0 Å². The maximum absolute atomic E-state index is 12.3. The highest BCUT2D eigenvalue weighted by Crippen LogP contribution is 2.29. The van der Waals surface area contributed by atoms with Gasteiger partial charge < -0.3 is 14.7 Å². The number of hydrogen-bond acceptors (Lipinski definition) is 4. The van der Waals surface area contributed by atoms with Crippen LogP contribution in [0.2, 0.25) is 0 Å². The maximum Gasteiger partial charge on any atom is 0.307 e. The topological polar surface area (TPSA) is 66.8 Å². The predicted octanol–water partition coefficient (Wildman–Crippen LogP) is 2.18. The summed E-state index contributed by atoms with van der Waals surface area (Å²) < 4.78 is 4.54. The van der Waals surface area contributed by atoms with Gasteiger partial charge in [0.15, 0.2) is 0 Å². The van der Waals surface area contributed by atoms with E-state index in [1.165, 1.54) is 12.0 Å². The monoisotopic (exact) mass is 287 g/mol. The molecule has 0 bridgehead atoms. The molecule has 2 rings (SSSR count). The van der Waals surface area contributed by atoms with Crippen molar-refractivity contribution in [1.82, 2.24) is 4.90 Å². The molecule has 0 radical (unpaired) electrons. The lowest BCUT2D eigenvalue weighted by atomic mass is 10.0. The van der Waals surface area contributed by atoms with Crippen LogP contribution in [0, 0.1) is 0 Å². The molecule has 0 fully saturated rings. The summed E-state index contributed by atoms with van der Waals surface area (Å²) in [7, 11) is 2.89. The summed E-state index contributed by atoms with van der Waals surface area (Å²) in [5, 5.41) is 11.7. The molecule has 0 unspecified atom stereocenters. The number of nitrogens with zero attached hydrogens (tertiary/aromatic N) is 1. The Kier molecular flexibility index (Phi) is 4.42. The molecule has 0 saturated carbocycles. The number of carbonyl (C=O) groups is 2. The van der Waals surface area contributed by atoms with E-state index in [1.54, 1.807) is 31.3 Å². The minimum Gasteiger partial charge on any atom is -0.506 e. The second-order valence-electron chi connectivity index (χ2n) is 4.74. The summed E-state index contributed by atoms with van der Waals surface area (Å²) in [6.07, 6.45) is 0.118. The summed E-state index contributed by atoms with van der Waals surface area (Å²) in [6, 6.07) is 10.7. The van der Waals surface area contributed by atoms with Crippen LogP contribution in [0.4, 0.5) is 0 Å². The number of hydrogen-bond donors (Lipinski definition) is 1. The van der Waals surface area contributed by atoms with Crippen LogP contribution in [0.1, 0.15) is 16.8 Å². The molecular weight excluding hydrogens is 270 g/mol. The molecule has 1 amide bonds. The number of methoxy groups -OCH3 is 1. The molecule has 2 aromatic rings. The number of esters is 1. The van der Waals surface area contributed by atoms with Crippen LogP contribution in [0.25, 0.3) is 10.8 Å². The summed E-state index contributed by atoms with van der Waals surface area (Å²) in [5.74, 6) is -0.748. The first kappa shape index (κ1) is 14.8. The Morgan fingerprint density at radius 3 is 2.62 bits per heavy atom. The fourth-order valence-electron chi connectivity index (χ4n) is 2.10. The number of ether oxygens (including phenoxy) is 1. The molecule has 0 aromatic heterocycles. The van der Waals surface area contributed by atoms with Crippen molar-refractivity contribution in [2.45, 2.75) is 6.42 Å². The second kappa shape index (κ2) is 6.26. The molecule has 0 aliphatic heterocycles. The number of benzene rings is 2. The minimum absolute atomic E-state index is 0.0389. The van der Waals surface area contributed by atoms with Crippen molar-refractivity contribution in [2.75, 3.05) is 20.7 Å². The van der Waals surface area contributed by atoms with E-state index in [1.807, 2.05) is 12.1 Å². The van der Waals surface area contributed by atoms with Gasteiger partial charge in [0.1, 0.15) is 5.75 Å². The van der Waals surface area contributed by atoms with Crippen molar-refractivity contribution in [2.24, 2.45) is 0 Å². The Labute approximate surface area is 122 Å². The Hall–Kier alpha value is -2.56. The number of carbonyl (C=O) groups excluding carboxylic acids is 2. The maximum atomic E-state index is 12.3. The van der Waals surface area contributed by atoms with Crippen molar-refractivity contribution in [3.8, 4) is 5.75 Å². The van der Waals surface area contributed by atoms with Gasteiger partial charge in [-0.15, -0.1) is 0 Å². The van der Waals surface area contributed by atoms with Crippen LogP contribution < -0.4 is 0 Å². The zero-order valence-electron chi connectivity index (χ0n) is 12.0. The average molecular weight is 287 g/mol. The van der Waals surface area contributed by atoms with Crippen molar-refractivity contribution >= 4 is 22.6 Å². The van der Waals surface area contributed by atoms with Crippen molar-refractivity contribution in [3.05, 3.63) is 42.0 Å². The van der Waals surface area contributed by atoms with Gasteiger partial charge >= 0.3 is 5.97 Å². The molecule has 1 N–H and O–H groups in total. The van der Waals surface area contributed by atoms with Crippen LogP contribution in [0.15, 0.2) is 36.4 Å². The zero-order valence-corrected chi connectivity index (χ0v) is 12.0. The van der Waals surface area contributed by atoms with E-state index >= 15 is 0 Å². The molecule has 5 nitrogen and oxygen atoms in total. The third-order valence-corrected chi connectivity index (χ3v) is 3.36. The number of phenolic OH excluding ortho intramolecular Hbond substituents is 1. The van der Waals surface area contributed by atoms with Gasteiger partial charge in [0.25, 0.3) is 5.91 Å². The molecule has 5 heteroatoms. The summed E-state index contributed by atoms with van der Waals surface area (Å²) in [5.41, 5.74) is 0.223. The van der Waals surface area contributed by atoms with E-state index in [0.717, 1.165) is 5.39 Å². The average Bonchev–Trinajstić information content (AvgIpc) is 2.52. The first-order valence-electron chi connectivity index (χ1n) is 6.57. The molecule has 0 atom stereocenters. The van der Waals surface area contributed by atoms with Gasteiger partial charge in [0.2, 0.25) is 0 Å². The molecule has 0 aliphatic carbocycles. The quantitative estimate of drug-likeness (QED) is 0.875. The van der Waals surface area contributed by atoms with Gasteiger partial charge in [0, 0.05) is 19.0 Å². The normalized spacial score (nSPS) is 10.4. The standard InChI is InChI=1S/C16H17NO4/c1-17(10-9-14(18)21-2)16(20)13-8-7-11-5-3-4-6-12(11)15(13)19/h3-8,19H,9-10H2,1-2H3. The SMILES string of the molecule is COC(=O)CCN(C)C(=O)c1ccc2ccccc2c1O. The number of fused-ring (bicyclic) bond motifs is 1. The number of rotatable bonds is 4. The molecule has 0 saturated heterocycles. The summed E-state index contributed by atoms with van der Waals surface area (Å²) in [6.45, 7) is 0.234. The van der Waals surface area contributed by atoms with Crippen LogP contribution in [0.5, 0.6) is 5.75 Å². The third kappa shape index (κ3) is 3.13. The highest BCUT2D eigenvalue weighted by atomic mass is 16.5. The Balaban J connectivity index is 2.23. The third-order valence-electron chi connectivity index (χ3n) is 3.36. The van der Waals surface area contributed by atoms with Gasteiger partial charge in [0.05, 0.1) is 19.1 Å². The molecule has 110 valence electrons. The fraction of sp³-hybridized carbons (Fsp3) is 0.250. The van der Waals surface area contributed by atoms with E-state index in [4.69, 9.17) is 0 Å². The molecule has 2 aromatic carbocycles. The van der Waals surface area contributed by atoms with Crippen molar-refractivity contribution in [1.29, 1.82) is 0 Å². The van der Waals surface area contributed by atoms with E-state index in [9.17, 15) is 14.7 Å².